The minimum Gasteiger partial charge on any atom is -0.119 e. The Morgan fingerprint density at radius 2 is 1.62 bits per heavy atom. The predicted molar refractivity (Wildman–Crippen MR) is 57.9 cm³/mol. The molecule has 0 heteroatoms. The highest BCUT2D eigenvalue weighted by Crippen LogP contribution is 2.24. The Bertz CT molecular complexity index is 330. The van der Waals surface area contributed by atoms with Gasteiger partial charge in [-0.3, -0.25) is 0 Å². The van der Waals surface area contributed by atoms with E-state index in [9.17, 15) is 0 Å². The third-order valence-electron chi connectivity index (χ3n) is 2.42. The molecule has 0 aliphatic rings. The maximum atomic E-state index is 5.43. The predicted octanol–water partition coefficient (Wildman–Crippen LogP) is 3.35. The maximum Gasteiger partial charge on any atom is 0.0426 e. The van der Waals surface area contributed by atoms with Crippen molar-refractivity contribution < 1.29 is 0 Å². The standard InChI is InChI=1S/C13H16/c1-6-10(3)13-11(4)7-9(2)8-12(13)5/h1,7-8,10H,2-5H3. The lowest BCUT2D eigenvalue weighted by Crippen LogP contribution is -1.98. The zero-order chi connectivity index (χ0) is 10.0. The Kier molecular flexibility index (Phi) is 2.78. The highest BCUT2D eigenvalue weighted by molar-refractivity contribution is 5.42. The van der Waals surface area contributed by atoms with Gasteiger partial charge in [-0.25, -0.2) is 0 Å². The van der Waals surface area contributed by atoms with Crippen molar-refractivity contribution >= 4 is 0 Å². The molecule has 68 valence electrons. The van der Waals surface area contributed by atoms with Crippen LogP contribution >= 0.6 is 0 Å². The smallest absolute Gasteiger partial charge is 0.0426 e. The highest BCUT2D eigenvalue weighted by atomic mass is 14.1. The van der Waals surface area contributed by atoms with E-state index in [2.05, 4.69) is 45.7 Å². The Morgan fingerprint density at radius 3 is 2.00 bits per heavy atom. The van der Waals surface area contributed by atoms with Crippen LogP contribution < -0.4 is 0 Å². The molecular formula is C13H16. The fourth-order valence-electron chi connectivity index (χ4n) is 1.96. The number of hydrogen-bond donors (Lipinski definition) is 0. The fraction of sp³-hybridized carbons (Fsp3) is 0.385. The van der Waals surface area contributed by atoms with Crippen molar-refractivity contribution in [1.29, 1.82) is 0 Å². The van der Waals surface area contributed by atoms with Crippen LogP contribution in [0.15, 0.2) is 12.1 Å². The molecule has 0 bridgehead atoms. The third-order valence-corrected chi connectivity index (χ3v) is 2.42. The summed E-state index contributed by atoms with van der Waals surface area (Å²) in [6.07, 6.45) is 5.43. The first-order chi connectivity index (χ1) is 6.06. The van der Waals surface area contributed by atoms with Gasteiger partial charge in [0.2, 0.25) is 0 Å². The Hall–Kier alpha value is -1.22. The van der Waals surface area contributed by atoms with Gasteiger partial charge < -0.3 is 0 Å². The van der Waals surface area contributed by atoms with Gasteiger partial charge in [-0.2, -0.15) is 0 Å². The van der Waals surface area contributed by atoms with E-state index in [1.807, 2.05) is 0 Å². The van der Waals surface area contributed by atoms with Gasteiger partial charge in [-0.15, -0.1) is 6.42 Å². The molecule has 1 rings (SSSR count). The topological polar surface area (TPSA) is 0 Å². The second-order valence-corrected chi connectivity index (χ2v) is 3.70. The van der Waals surface area contributed by atoms with Gasteiger partial charge in [0.25, 0.3) is 0 Å². The minimum atomic E-state index is 0.223. The van der Waals surface area contributed by atoms with Crippen LogP contribution in [0.3, 0.4) is 0 Å². The summed E-state index contributed by atoms with van der Waals surface area (Å²) in [5.41, 5.74) is 5.24. The monoisotopic (exact) mass is 172 g/mol. The maximum absolute atomic E-state index is 5.43. The summed E-state index contributed by atoms with van der Waals surface area (Å²) in [6.45, 7) is 8.45. The summed E-state index contributed by atoms with van der Waals surface area (Å²) in [5.74, 6) is 3.01. The largest absolute Gasteiger partial charge is 0.119 e. The Balaban J connectivity index is 3.30. The van der Waals surface area contributed by atoms with Gasteiger partial charge in [0, 0.05) is 5.92 Å². The summed E-state index contributed by atoms with van der Waals surface area (Å²) in [6, 6.07) is 4.38. The lowest BCUT2D eigenvalue weighted by atomic mass is 9.91. The number of aryl methyl sites for hydroxylation is 3. The zero-order valence-corrected chi connectivity index (χ0v) is 8.81. The molecule has 0 aliphatic heterocycles. The van der Waals surface area contributed by atoms with Crippen LogP contribution in [0.1, 0.15) is 35.1 Å². The summed E-state index contributed by atoms with van der Waals surface area (Å²) in [5, 5.41) is 0. The normalized spacial score (nSPS) is 12.2. The first-order valence-corrected chi connectivity index (χ1v) is 4.60. The number of hydrogen-bond acceptors (Lipinski definition) is 0. The molecule has 0 spiro atoms. The molecule has 1 aromatic rings. The lowest BCUT2D eigenvalue weighted by molar-refractivity contribution is 0.967. The second kappa shape index (κ2) is 3.66. The molecule has 0 heterocycles. The van der Waals surface area contributed by atoms with Gasteiger partial charge >= 0.3 is 0 Å². The van der Waals surface area contributed by atoms with Crippen LogP contribution in [-0.2, 0) is 0 Å². The Morgan fingerprint density at radius 1 is 1.15 bits per heavy atom. The van der Waals surface area contributed by atoms with E-state index in [1.54, 1.807) is 0 Å². The van der Waals surface area contributed by atoms with Crippen molar-refractivity contribution in [2.24, 2.45) is 0 Å². The molecule has 1 aromatic carbocycles. The molecule has 0 fully saturated rings. The zero-order valence-electron chi connectivity index (χ0n) is 8.81. The molecule has 0 saturated heterocycles. The van der Waals surface area contributed by atoms with Gasteiger partial charge in [0.05, 0.1) is 0 Å². The van der Waals surface area contributed by atoms with Crippen molar-refractivity contribution in [3.63, 3.8) is 0 Å². The van der Waals surface area contributed by atoms with Crippen molar-refractivity contribution in [2.45, 2.75) is 33.6 Å². The summed E-state index contributed by atoms with van der Waals surface area (Å²) in [4.78, 5) is 0. The van der Waals surface area contributed by atoms with Gasteiger partial charge in [-0.05, 0) is 44.4 Å². The van der Waals surface area contributed by atoms with E-state index in [0.717, 1.165) is 0 Å². The van der Waals surface area contributed by atoms with Crippen molar-refractivity contribution in [2.75, 3.05) is 0 Å². The molecule has 1 atom stereocenters. The van der Waals surface area contributed by atoms with Crippen LogP contribution in [0, 0.1) is 33.1 Å². The van der Waals surface area contributed by atoms with E-state index in [4.69, 9.17) is 6.42 Å². The number of terminal acetylenes is 1. The molecular weight excluding hydrogens is 156 g/mol. The van der Waals surface area contributed by atoms with Crippen LogP contribution in [0.25, 0.3) is 0 Å². The van der Waals surface area contributed by atoms with E-state index >= 15 is 0 Å². The first kappa shape index (κ1) is 9.86. The number of benzene rings is 1. The van der Waals surface area contributed by atoms with Crippen LogP contribution in [0.4, 0.5) is 0 Å². The summed E-state index contributed by atoms with van der Waals surface area (Å²) in [7, 11) is 0. The van der Waals surface area contributed by atoms with Crippen molar-refractivity contribution in [1.82, 2.24) is 0 Å². The van der Waals surface area contributed by atoms with Crippen molar-refractivity contribution in [3.05, 3.63) is 34.4 Å². The lowest BCUT2D eigenvalue weighted by Gasteiger charge is -2.13. The average Bonchev–Trinajstić information content (AvgIpc) is 2.02. The first-order valence-electron chi connectivity index (χ1n) is 4.60. The molecule has 0 N–H and O–H groups in total. The SMILES string of the molecule is C#CC(C)c1c(C)cc(C)cc1C. The molecule has 0 aromatic heterocycles. The summed E-state index contributed by atoms with van der Waals surface area (Å²) >= 11 is 0. The fourth-order valence-corrected chi connectivity index (χ4v) is 1.96. The molecule has 13 heavy (non-hydrogen) atoms. The van der Waals surface area contributed by atoms with Gasteiger partial charge in [0.15, 0.2) is 0 Å². The molecule has 0 saturated carbocycles. The third kappa shape index (κ3) is 1.92. The van der Waals surface area contributed by atoms with E-state index in [1.165, 1.54) is 22.3 Å². The molecule has 0 amide bonds. The average molecular weight is 172 g/mol. The van der Waals surface area contributed by atoms with Crippen LogP contribution in [-0.4, -0.2) is 0 Å². The quantitative estimate of drug-likeness (QED) is 0.570. The number of rotatable bonds is 1. The van der Waals surface area contributed by atoms with Crippen LogP contribution in [0.2, 0.25) is 0 Å². The van der Waals surface area contributed by atoms with Gasteiger partial charge in [-0.1, -0.05) is 23.6 Å². The molecule has 0 nitrogen and oxygen atoms in total. The van der Waals surface area contributed by atoms with E-state index in [-0.39, 0.29) is 5.92 Å². The summed E-state index contributed by atoms with van der Waals surface area (Å²) < 4.78 is 0. The highest BCUT2D eigenvalue weighted by Gasteiger charge is 2.08. The van der Waals surface area contributed by atoms with Crippen molar-refractivity contribution in [3.8, 4) is 12.3 Å². The second-order valence-electron chi connectivity index (χ2n) is 3.70. The molecule has 0 aliphatic carbocycles. The minimum absolute atomic E-state index is 0.223. The Labute approximate surface area is 81.0 Å². The van der Waals surface area contributed by atoms with Gasteiger partial charge in [0.1, 0.15) is 0 Å². The van der Waals surface area contributed by atoms with E-state index < -0.39 is 0 Å². The van der Waals surface area contributed by atoms with Crippen LogP contribution in [0.5, 0.6) is 0 Å². The molecule has 0 radical (unpaired) electrons. The molecule has 1 unspecified atom stereocenters. The van der Waals surface area contributed by atoms with E-state index in [0.29, 0.717) is 0 Å².